The topological polar surface area (TPSA) is 12.0 Å². The van der Waals surface area contributed by atoms with Gasteiger partial charge < -0.3 is 5.32 Å². The van der Waals surface area contributed by atoms with Gasteiger partial charge in [0.05, 0.1) is 0 Å². The summed E-state index contributed by atoms with van der Waals surface area (Å²) < 4.78 is 1.28. The van der Waals surface area contributed by atoms with E-state index in [-0.39, 0.29) is 0 Å². The van der Waals surface area contributed by atoms with Crippen LogP contribution < -0.4 is 5.32 Å². The lowest BCUT2D eigenvalue weighted by Crippen LogP contribution is -2.25. The molecule has 0 aromatic heterocycles. The number of benzene rings is 1. The van der Waals surface area contributed by atoms with Crippen molar-refractivity contribution in [2.24, 2.45) is 0 Å². The maximum Gasteiger partial charge on any atom is 0.0260 e. The Bertz CT molecular complexity index is 304. The van der Waals surface area contributed by atoms with Crippen LogP contribution in [0.3, 0.4) is 0 Å². The van der Waals surface area contributed by atoms with E-state index in [0.29, 0.717) is 0 Å². The van der Waals surface area contributed by atoms with Gasteiger partial charge in [0.1, 0.15) is 0 Å². The fourth-order valence-corrected chi connectivity index (χ4v) is 3.80. The summed E-state index contributed by atoms with van der Waals surface area (Å²) in [6.45, 7) is 2.33. The Morgan fingerprint density at radius 1 is 1.31 bits per heavy atom. The molecule has 1 heterocycles. The number of hydrogen-bond acceptors (Lipinski definition) is 2. The van der Waals surface area contributed by atoms with Gasteiger partial charge >= 0.3 is 0 Å². The van der Waals surface area contributed by atoms with Gasteiger partial charge in [0.2, 0.25) is 0 Å². The van der Waals surface area contributed by atoms with Crippen LogP contribution in [0.25, 0.3) is 0 Å². The van der Waals surface area contributed by atoms with E-state index < -0.39 is 0 Å². The van der Waals surface area contributed by atoms with Gasteiger partial charge in [-0.1, -0.05) is 40.8 Å². The molecule has 0 radical (unpaired) electrons. The molecule has 1 unspecified atom stereocenters. The molecular weight excluding hydrogens is 329 g/mol. The minimum Gasteiger partial charge on any atom is -0.316 e. The Kier molecular flexibility index (Phi) is 5.45. The first-order chi connectivity index (χ1) is 7.90. The standard InChI is InChI=1S/C13H18INS/c14-7-3-4-8-15-10-12-9-11-5-1-2-6-13(11)16-12/h1-2,5-6,12,15H,3-4,7-10H2. The van der Waals surface area contributed by atoms with Crippen LogP contribution in [-0.4, -0.2) is 22.8 Å². The molecule has 1 nitrogen and oxygen atoms in total. The fraction of sp³-hybridized carbons (Fsp3) is 0.538. The summed E-state index contributed by atoms with van der Waals surface area (Å²) in [6, 6.07) is 8.80. The molecule has 2 rings (SSSR count). The van der Waals surface area contributed by atoms with Crippen LogP contribution >= 0.6 is 34.4 Å². The van der Waals surface area contributed by atoms with E-state index in [1.54, 1.807) is 0 Å². The van der Waals surface area contributed by atoms with E-state index in [4.69, 9.17) is 0 Å². The number of thioether (sulfide) groups is 1. The molecule has 1 N–H and O–H groups in total. The molecule has 1 aliphatic rings. The zero-order valence-electron chi connectivity index (χ0n) is 9.42. The minimum atomic E-state index is 0.747. The summed E-state index contributed by atoms with van der Waals surface area (Å²) in [4.78, 5) is 1.49. The molecule has 0 fully saturated rings. The maximum absolute atomic E-state index is 3.57. The van der Waals surface area contributed by atoms with Gasteiger partial charge in [-0.05, 0) is 41.9 Å². The molecule has 1 aromatic rings. The molecule has 1 atom stereocenters. The van der Waals surface area contributed by atoms with Crippen LogP contribution in [0, 0.1) is 0 Å². The number of nitrogens with one attached hydrogen (secondary N) is 1. The highest BCUT2D eigenvalue weighted by atomic mass is 127. The number of fused-ring (bicyclic) bond motifs is 1. The van der Waals surface area contributed by atoms with Crippen LogP contribution in [0.1, 0.15) is 18.4 Å². The van der Waals surface area contributed by atoms with E-state index in [1.807, 2.05) is 11.8 Å². The lowest BCUT2D eigenvalue weighted by atomic mass is 10.1. The third kappa shape index (κ3) is 3.64. The fourth-order valence-electron chi connectivity index (χ4n) is 1.98. The molecule has 88 valence electrons. The van der Waals surface area contributed by atoms with Gasteiger partial charge in [0.15, 0.2) is 0 Å². The number of alkyl halides is 1. The number of hydrogen-bond donors (Lipinski definition) is 1. The first-order valence-electron chi connectivity index (χ1n) is 5.91. The predicted molar refractivity (Wildman–Crippen MR) is 80.8 cm³/mol. The van der Waals surface area contributed by atoms with Gasteiger partial charge in [-0.25, -0.2) is 0 Å². The van der Waals surface area contributed by atoms with E-state index in [0.717, 1.165) is 11.8 Å². The molecular formula is C13H18INS. The minimum absolute atomic E-state index is 0.747. The third-order valence-corrected chi connectivity index (χ3v) is 4.90. The van der Waals surface area contributed by atoms with E-state index in [1.165, 1.54) is 40.7 Å². The van der Waals surface area contributed by atoms with Crippen molar-refractivity contribution in [3.05, 3.63) is 29.8 Å². The predicted octanol–water partition coefficient (Wildman–Crippen LogP) is 3.51. The maximum atomic E-state index is 3.57. The molecule has 0 saturated heterocycles. The third-order valence-electron chi connectivity index (χ3n) is 2.82. The molecule has 3 heteroatoms. The average Bonchev–Trinajstić information content (AvgIpc) is 2.71. The highest BCUT2D eigenvalue weighted by molar-refractivity contribution is 14.1. The SMILES string of the molecule is ICCCCNCC1Cc2ccccc2S1. The summed E-state index contributed by atoms with van der Waals surface area (Å²) in [5, 5.41) is 4.32. The Balaban J connectivity index is 1.67. The zero-order chi connectivity index (χ0) is 11.2. The van der Waals surface area contributed by atoms with Gasteiger partial charge in [0, 0.05) is 16.7 Å². The molecule has 0 saturated carbocycles. The molecule has 0 spiro atoms. The Hall–Kier alpha value is 0.260. The van der Waals surface area contributed by atoms with Gasteiger partial charge in [-0.3, -0.25) is 0 Å². The second kappa shape index (κ2) is 6.87. The molecule has 0 amide bonds. The molecule has 0 aliphatic carbocycles. The van der Waals surface area contributed by atoms with Crippen LogP contribution in [0.15, 0.2) is 29.2 Å². The largest absolute Gasteiger partial charge is 0.316 e. The van der Waals surface area contributed by atoms with Crippen LogP contribution in [0.5, 0.6) is 0 Å². The quantitative estimate of drug-likeness (QED) is 0.480. The normalized spacial score (nSPS) is 18.7. The van der Waals surface area contributed by atoms with Gasteiger partial charge in [-0.2, -0.15) is 0 Å². The van der Waals surface area contributed by atoms with E-state index in [2.05, 4.69) is 52.2 Å². The Labute approximate surface area is 116 Å². The van der Waals surface area contributed by atoms with Crippen molar-refractivity contribution in [1.29, 1.82) is 0 Å². The van der Waals surface area contributed by atoms with Crippen molar-refractivity contribution in [1.82, 2.24) is 5.32 Å². The van der Waals surface area contributed by atoms with Crippen molar-refractivity contribution in [2.75, 3.05) is 17.5 Å². The van der Waals surface area contributed by atoms with Crippen molar-refractivity contribution in [3.8, 4) is 0 Å². The summed E-state index contributed by atoms with van der Waals surface area (Å²) >= 11 is 4.48. The van der Waals surface area contributed by atoms with Gasteiger partial charge in [0.25, 0.3) is 0 Å². The van der Waals surface area contributed by atoms with Crippen LogP contribution in [0.2, 0.25) is 0 Å². The lowest BCUT2D eigenvalue weighted by molar-refractivity contribution is 0.631. The number of halogens is 1. The van der Waals surface area contributed by atoms with Crippen molar-refractivity contribution < 1.29 is 0 Å². The van der Waals surface area contributed by atoms with E-state index in [9.17, 15) is 0 Å². The zero-order valence-corrected chi connectivity index (χ0v) is 12.4. The summed E-state index contributed by atoms with van der Waals surface area (Å²) in [7, 11) is 0. The van der Waals surface area contributed by atoms with Crippen molar-refractivity contribution in [2.45, 2.75) is 29.4 Å². The molecule has 1 aromatic carbocycles. The summed E-state index contributed by atoms with van der Waals surface area (Å²) in [5.41, 5.74) is 1.53. The first kappa shape index (κ1) is 12.7. The molecule has 0 bridgehead atoms. The highest BCUT2D eigenvalue weighted by Crippen LogP contribution is 2.36. The monoisotopic (exact) mass is 347 g/mol. The summed E-state index contributed by atoms with van der Waals surface area (Å²) in [5.74, 6) is 0. The van der Waals surface area contributed by atoms with E-state index >= 15 is 0 Å². The highest BCUT2D eigenvalue weighted by Gasteiger charge is 2.20. The molecule has 16 heavy (non-hydrogen) atoms. The number of rotatable bonds is 6. The van der Waals surface area contributed by atoms with Crippen molar-refractivity contribution in [3.63, 3.8) is 0 Å². The Morgan fingerprint density at radius 3 is 3.00 bits per heavy atom. The summed E-state index contributed by atoms with van der Waals surface area (Å²) in [6.07, 6.45) is 3.89. The van der Waals surface area contributed by atoms with Crippen LogP contribution in [0.4, 0.5) is 0 Å². The number of unbranched alkanes of at least 4 members (excludes halogenated alkanes) is 1. The first-order valence-corrected chi connectivity index (χ1v) is 8.32. The van der Waals surface area contributed by atoms with Gasteiger partial charge in [-0.15, -0.1) is 11.8 Å². The molecule has 1 aliphatic heterocycles. The lowest BCUT2D eigenvalue weighted by Gasteiger charge is -2.09. The van der Waals surface area contributed by atoms with Crippen molar-refractivity contribution >= 4 is 34.4 Å². The Morgan fingerprint density at radius 2 is 2.19 bits per heavy atom. The average molecular weight is 347 g/mol. The smallest absolute Gasteiger partial charge is 0.0260 e. The van der Waals surface area contributed by atoms with Crippen LogP contribution in [-0.2, 0) is 6.42 Å². The second-order valence-electron chi connectivity index (χ2n) is 4.15. The second-order valence-corrected chi connectivity index (χ2v) is 6.57.